The highest BCUT2D eigenvalue weighted by Crippen LogP contribution is 2.10. The number of unbranched alkanes of at least 4 members (excludes halogenated alkanes) is 11. The maximum absolute atomic E-state index is 4.30. The average molecular weight is 453 g/mol. The highest BCUT2D eigenvalue weighted by molar-refractivity contribution is 5.44. The van der Waals surface area contributed by atoms with Crippen molar-refractivity contribution in [3.63, 3.8) is 0 Å². The van der Waals surface area contributed by atoms with Gasteiger partial charge in [-0.2, -0.15) is 0 Å². The van der Waals surface area contributed by atoms with Gasteiger partial charge in [-0.3, -0.25) is 0 Å². The fourth-order valence-electron chi connectivity index (χ4n) is 3.66. The lowest BCUT2D eigenvalue weighted by Gasteiger charge is -2.01. The van der Waals surface area contributed by atoms with Crippen molar-refractivity contribution in [1.29, 1.82) is 0 Å². The summed E-state index contributed by atoms with van der Waals surface area (Å²) in [4.78, 5) is 8.60. The zero-order valence-electron chi connectivity index (χ0n) is 21.3. The van der Waals surface area contributed by atoms with E-state index in [1.807, 2.05) is 0 Å². The van der Waals surface area contributed by atoms with E-state index in [9.17, 15) is 0 Å². The van der Waals surface area contributed by atoms with Gasteiger partial charge in [0.05, 0.1) is 5.56 Å². The summed E-state index contributed by atoms with van der Waals surface area (Å²) < 4.78 is 0. The molecule has 0 spiro atoms. The Bertz CT molecular complexity index is 983. The van der Waals surface area contributed by atoms with E-state index in [0.29, 0.717) is 5.82 Å². The third-order valence-corrected chi connectivity index (χ3v) is 5.76. The maximum atomic E-state index is 4.30. The van der Waals surface area contributed by atoms with E-state index >= 15 is 0 Å². The number of hydrogen-bond donors (Lipinski definition) is 0. The molecule has 0 atom stereocenters. The molecule has 0 aliphatic heterocycles. The third-order valence-electron chi connectivity index (χ3n) is 5.76. The molecule has 0 radical (unpaired) electrons. The van der Waals surface area contributed by atoms with Crippen LogP contribution in [0, 0.1) is 35.5 Å². The number of nitrogens with zero attached hydrogens (tertiary/aromatic N) is 2. The molecule has 0 aliphatic rings. The summed E-state index contributed by atoms with van der Waals surface area (Å²) in [6.07, 6.45) is 21.2. The van der Waals surface area contributed by atoms with Gasteiger partial charge in [0.25, 0.3) is 0 Å². The molecule has 0 unspecified atom stereocenters. The first-order valence-corrected chi connectivity index (χ1v) is 13.2. The minimum atomic E-state index is 0.561. The first kappa shape index (κ1) is 27.2. The van der Waals surface area contributed by atoms with E-state index in [1.165, 1.54) is 76.2 Å². The van der Waals surface area contributed by atoms with Crippen LogP contribution in [-0.4, -0.2) is 9.97 Å². The highest BCUT2D eigenvalue weighted by Gasteiger charge is 1.95. The first-order chi connectivity index (χ1) is 16.8. The number of aromatic nitrogens is 2. The Balaban J connectivity index is 1.69. The van der Waals surface area contributed by atoms with Gasteiger partial charge in [-0.15, -0.1) is 0 Å². The molecule has 0 amide bonds. The minimum Gasteiger partial charge on any atom is -0.228 e. The second-order valence-electron chi connectivity index (χ2n) is 8.83. The lowest BCUT2D eigenvalue weighted by molar-refractivity contribution is 0.579. The lowest BCUT2D eigenvalue weighted by Crippen LogP contribution is -1.89. The molecule has 1 aromatic heterocycles. The van der Waals surface area contributed by atoms with E-state index in [1.54, 1.807) is 12.4 Å². The normalized spacial score (nSPS) is 9.82. The van der Waals surface area contributed by atoms with Gasteiger partial charge in [-0.05, 0) is 60.6 Å². The summed E-state index contributed by atoms with van der Waals surface area (Å²) >= 11 is 0. The molecule has 178 valence electrons. The van der Waals surface area contributed by atoms with E-state index < -0.39 is 0 Å². The Morgan fingerprint density at radius 3 is 1.79 bits per heavy atom. The molecule has 34 heavy (non-hydrogen) atoms. The molecule has 2 aromatic rings. The Labute approximate surface area is 208 Å². The van der Waals surface area contributed by atoms with Gasteiger partial charge < -0.3 is 0 Å². The second kappa shape index (κ2) is 18.4. The molecular weight excluding hydrogens is 412 g/mol. The van der Waals surface area contributed by atoms with Gasteiger partial charge in [0.1, 0.15) is 0 Å². The number of benzene rings is 1. The molecular formula is C32H40N2. The zero-order chi connectivity index (χ0) is 24.1. The van der Waals surface area contributed by atoms with Crippen molar-refractivity contribution < 1.29 is 0 Å². The van der Waals surface area contributed by atoms with Gasteiger partial charge in [0, 0.05) is 24.4 Å². The predicted octanol–water partition coefficient (Wildman–Crippen LogP) is 7.88. The summed E-state index contributed by atoms with van der Waals surface area (Å²) in [7, 11) is 0. The van der Waals surface area contributed by atoms with Crippen LogP contribution in [0.4, 0.5) is 0 Å². The quantitative estimate of drug-likeness (QED) is 0.228. The summed E-state index contributed by atoms with van der Waals surface area (Å²) in [5.41, 5.74) is 3.13. The largest absolute Gasteiger partial charge is 0.228 e. The molecule has 1 aromatic carbocycles. The topological polar surface area (TPSA) is 25.8 Å². The zero-order valence-corrected chi connectivity index (χ0v) is 21.3. The van der Waals surface area contributed by atoms with Gasteiger partial charge >= 0.3 is 0 Å². The third kappa shape index (κ3) is 12.9. The summed E-state index contributed by atoms with van der Waals surface area (Å²) in [5, 5.41) is 0. The van der Waals surface area contributed by atoms with Crippen molar-refractivity contribution in [2.45, 2.75) is 104 Å². The second-order valence-corrected chi connectivity index (χ2v) is 8.83. The Morgan fingerprint density at radius 2 is 1.15 bits per heavy atom. The smallest absolute Gasteiger partial charge is 0.204 e. The van der Waals surface area contributed by atoms with E-state index in [4.69, 9.17) is 0 Å². The van der Waals surface area contributed by atoms with Crippen LogP contribution in [0.1, 0.15) is 120 Å². The van der Waals surface area contributed by atoms with Crippen LogP contribution in [-0.2, 0) is 6.42 Å². The van der Waals surface area contributed by atoms with Crippen LogP contribution in [0.3, 0.4) is 0 Å². The maximum Gasteiger partial charge on any atom is 0.204 e. The highest BCUT2D eigenvalue weighted by atomic mass is 14.8. The van der Waals surface area contributed by atoms with Gasteiger partial charge in [0.15, 0.2) is 0 Å². The lowest BCUT2D eigenvalue weighted by atomic mass is 10.0. The van der Waals surface area contributed by atoms with Crippen molar-refractivity contribution in [3.8, 4) is 35.5 Å². The fourth-order valence-corrected chi connectivity index (χ4v) is 3.66. The van der Waals surface area contributed by atoms with Gasteiger partial charge in [-0.25, -0.2) is 9.97 Å². The van der Waals surface area contributed by atoms with Crippen molar-refractivity contribution in [3.05, 3.63) is 59.2 Å². The fraction of sp³-hybridized carbons (Fsp3) is 0.500. The summed E-state index contributed by atoms with van der Waals surface area (Å²) in [5.74, 6) is 18.7. The standard InChI is InChI=1S/C32H40N2/c1-3-5-7-9-10-11-12-13-14-16-22-32-33-27-31(28-34-32)21-18-17-20-30-25-23-29(24-26-30)19-15-8-6-4-2/h23-28H,3-15,19H2,1-2H3. The molecule has 0 saturated heterocycles. The average Bonchev–Trinajstić information content (AvgIpc) is 2.87. The van der Waals surface area contributed by atoms with Gasteiger partial charge in [0.2, 0.25) is 5.82 Å². The van der Waals surface area contributed by atoms with Crippen LogP contribution in [0.15, 0.2) is 36.7 Å². The van der Waals surface area contributed by atoms with Crippen molar-refractivity contribution in [2.75, 3.05) is 0 Å². The molecule has 0 saturated carbocycles. The molecule has 0 bridgehead atoms. The molecule has 2 heteroatoms. The van der Waals surface area contributed by atoms with E-state index in [0.717, 1.165) is 30.4 Å². The monoisotopic (exact) mass is 452 g/mol. The van der Waals surface area contributed by atoms with Gasteiger partial charge in [-0.1, -0.05) is 102 Å². The summed E-state index contributed by atoms with van der Waals surface area (Å²) in [6, 6.07) is 8.50. The molecule has 1 heterocycles. The van der Waals surface area contributed by atoms with Crippen LogP contribution in [0.2, 0.25) is 0 Å². The Kier molecular flexibility index (Phi) is 14.7. The molecule has 2 nitrogen and oxygen atoms in total. The Morgan fingerprint density at radius 1 is 0.588 bits per heavy atom. The van der Waals surface area contributed by atoms with Crippen LogP contribution in [0.5, 0.6) is 0 Å². The first-order valence-electron chi connectivity index (χ1n) is 13.2. The van der Waals surface area contributed by atoms with E-state index in [-0.39, 0.29) is 0 Å². The Hall–Kier alpha value is -3.02. The number of hydrogen-bond acceptors (Lipinski definition) is 2. The van der Waals surface area contributed by atoms with Crippen molar-refractivity contribution in [1.82, 2.24) is 9.97 Å². The SMILES string of the molecule is CCCCCCCCCCC#Cc1ncc(C#CC#Cc2ccc(CCCCCC)cc2)cn1. The van der Waals surface area contributed by atoms with Crippen LogP contribution in [0.25, 0.3) is 0 Å². The van der Waals surface area contributed by atoms with Crippen LogP contribution >= 0.6 is 0 Å². The van der Waals surface area contributed by atoms with Crippen molar-refractivity contribution >= 4 is 0 Å². The molecule has 0 N–H and O–H groups in total. The molecule has 0 fully saturated rings. The predicted molar refractivity (Wildman–Crippen MR) is 144 cm³/mol. The van der Waals surface area contributed by atoms with Crippen LogP contribution < -0.4 is 0 Å². The van der Waals surface area contributed by atoms with E-state index in [2.05, 4.69) is 83.6 Å². The number of aryl methyl sites for hydroxylation is 1. The number of rotatable bonds is 13. The molecule has 0 aliphatic carbocycles. The molecule has 2 rings (SSSR count). The summed E-state index contributed by atoms with van der Waals surface area (Å²) in [6.45, 7) is 4.50. The minimum absolute atomic E-state index is 0.561. The van der Waals surface area contributed by atoms with Crippen molar-refractivity contribution in [2.24, 2.45) is 0 Å².